The molecule has 0 aliphatic carbocycles. The molecule has 0 aromatic carbocycles. The third-order valence-electron chi connectivity index (χ3n) is 4.28. The van der Waals surface area contributed by atoms with E-state index in [0.717, 1.165) is 18.8 Å². The number of nitrogens with zero attached hydrogens (tertiary/aromatic N) is 4. The maximum Gasteiger partial charge on any atom is 0.305 e. The molecule has 1 aliphatic rings. The fourth-order valence-corrected chi connectivity index (χ4v) is 4.22. The van der Waals surface area contributed by atoms with Crippen LogP contribution in [0.25, 0.3) is 0 Å². The number of piperazine rings is 1. The summed E-state index contributed by atoms with van der Waals surface area (Å²) in [7, 11) is -0.335. The molecule has 2 rings (SSSR count). The van der Waals surface area contributed by atoms with E-state index < -0.39 is 10.0 Å². The molecule has 2 heterocycles. The Morgan fingerprint density at radius 1 is 1.33 bits per heavy atom. The summed E-state index contributed by atoms with van der Waals surface area (Å²) in [5.74, 6) is 0.375. The molecule has 11 heteroatoms. The Morgan fingerprint density at radius 2 is 2.07 bits per heavy atom. The number of sulfonamides is 1. The molecule has 152 valence electrons. The van der Waals surface area contributed by atoms with Crippen LogP contribution in [0.4, 0.5) is 0 Å². The summed E-state index contributed by atoms with van der Waals surface area (Å²) in [4.78, 5) is 17.4. The Balaban J connectivity index is 1.75. The van der Waals surface area contributed by atoms with Gasteiger partial charge in [0.25, 0.3) is 0 Å². The quantitative estimate of drug-likeness (QED) is 0.281. The molecule has 0 unspecified atom stereocenters. The number of rotatable bonds is 8. The number of hydrogen-bond acceptors (Lipinski definition) is 7. The van der Waals surface area contributed by atoms with E-state index >= 15 is 0 Å². The smallest absolute Gasteiger partial charge is 0.305 e. The first-order valence-corrected chi connectivity index (χ1v) is 10.5. The molecule has 1 N–H and O–H groups in total. The number of nitrogens with one attached hydrogen (secondary N) is 1. The molecule has 0 radical (unpaired) electrons. The number of unbranched alkanes of at least 4 members (excludes halogenated alkanes) is 1. The predicted octanol–water partition coefficient (Wildman–Crippen LogP) is 0.0407. The lowest BCUT2D eigenvalue weighted by atomic mass is 10.2. The first kappa shape index (κ1) is 21.2. The number of aliphatic imine (C=N–C) groups is 1. The molecule has 0 amide bonds. The Bertz CT molecular complexity index is 712. The van der Waals surface area contributed by atoms with Crippen molar-refractivity contribution in [2.45, 2.75) is 25.0 Å². The van der Waals surface area contributed by atoms with Crippen molar-refractivity contribution >= 4 is 22.0 Å². The number of esters is 1. The maximum atomic E-state index is 12.5. The van der Waals surface area contributed by atoms with Crippen molar-refractivity contribution in [2.24, 2.45) is 4.99 Å². The zero-order valence-corrected chi connectivity index (χ0v) is 16.6. The van der Waals surface area contributed by atoms with E-state index in [2.05, 4.69) is 20.2 Å². The third kappa shape index (κ3) is 6.51. The van der Waals surface area contributed by atoms with Crippen molar-refractivity contribution in [3.05, 3.63) is 18.0 Å². The Hall–Kier alpha value is -2.14. The minimum Gasteiger partial charge on any atom is -0.469 e. The zero-order chi connectivity index (χ0) is 19.7. The van der Waals surface area contributed by atoms with E-state index in [9.17, 15) is 13.2 Å². The number of carbonyl (C=O) groups is 1. The summed E-state index contributed by atoms with van der Waals surface area (Å²) >= 11 is 0. The van der Waals surface area contributed by atoms with Gasteiger partial charge in [0.1, 0.15) is 12.0 Å². The average Bonchev–Trinajstić information content (AvgIpc) is 3.17. The lowest BCUT2D eigenvalue weighted by molar-refractivity contribution is -0.140. The van der Waals surface area contributed by atoms with Gasteiger partial charge in [0.15, 0.2) is 5.96 Å². The van der Waals surface area contributed by atoms with Gasteiger partial charge in [-0.25, -0.2) is 8.42 Å². The molecule has 1 aromatic rings. The summed E-state index contributed by atoms with van der Waals surface area (Å²) in [6, 6.07) is 1.56. The standard InChI is InChI=1S/C16H27N5O5S/c1-17-16(18-7-4-3-5-15(22)25-2)20-8-10-21(11-9-20)27(23,24)13-14-6-12-26-19-14/h6,12H,3-5,7-11,13H2,1-2H3,(H,17,18). The fraction of sp³-hybridized carbons (Fsp3) is 0.688. The topological polar surface area (TPSA) is 117 Å². The van der Waals surface area contributed by atoms with Crippen molar-refractivity contribution in [1.29, 1.82) is 0 Å². The third-order valence-corrected chi connectivity index (χ3v) is 6.10. The van der Waals surface area contributed by atoms with Crippen molar-refractivity contribution in [2.75, 3.05) is 46.9 Å². The van der Waals surface area contributed by atoms with Crippen LogP contribution in [-0.4, -0.2) is 81.6 Å². The lowest BCUT2D eigenvalue weighted by Gasteiger charge is -2.35. The van der Waals surface area contributed by atoms with Crippen molar-refractivity contribution in [3.8, 4) is 0 Å². The monoisotopic (exact) mass is 401 g/mol. The van der Waals surface area contributed by atoms with Crippen LogP contribution < -0.4 is 5.32 Å². The van der Waals surface area contributed by atoms with E-state index in [1.54, 1.807) is 13.1 Å². The zero-order valence-electron chi connectivity index (χ0n) is 15.8. The minimum absolute atomic E-state index is 0.156. The van der Waals surface area contributed by atoms with Crippen LogP contribution in [0.3, 0.4) is 0 Å². The number of aromatic nitrogens is 1. The highest BCUT2D eigenvalue weighted by Crippen LogP contribution is 2.12. The van der Waals surface area contributed by atoms with Crippen LogP contribution in [0, 0.1) is 0 Å². The molecule has 1 aliphatic heterocycles. The molecule has 0 saturated carbocycles. The summed E-state index contributed by atoms with van der Waals surface area (Å²) in [6.07, 6.45) is 3.33. The second-order valence-electron chi connectivity index (χ2n) is 6.14. The van der Waals surface area contributed by atoms with Gasteiger partial charge in [0.05, 0.1) is 12.8 Å². The summed E-state index contributed by atoms with van der Waals surface area (Å²) in [6.45, 7) is 2.58. The van der Waals surface area contributed by atoms with Gasteiger partial charge < -0.3 is 19.5 Å². The number of methoxy groups -OCH3 is 1. The first-order chi connectivity index (χ1) is 13.0. The lowest BCUT2D eigenvalue weighted by Crippen LogP contribution is -2.54. The molecule has 0 atom stereocenters. The van der Waals surface area contributed by atoms with Crippen molar-refractivity contribution in [1.82, 2.24) is 19.7 Å². The van der Waals surface area contributed by atoms with Gasteiger partial charge in [-0.1, -0.05) is 5.16 Å². The van der Waals surface area contributed by atoms with Crippen LogP contribution in [0.2, 0.25) is 0 Å². The van der Waals surface area contributed by atoms with Gasteiger partial charge >= 0.3 is 5.97 Å². The molecular formula is C16H27N5O5S. The highest BCUT2D eigenvalue weighted by molar-refractivity contribution is 7.88. The maximum absolute atomic E-state index is 12.5. The SMILES string of the molecule is CN=C(NCCCCC(=O)OC)N1CCN(S(=O)(=O)Cc2ccon2)CC1. The van der Waals surface area contributed by atoms with Gasteiger partial charge in [-0.15, -0.1) is 0 Å². The average molecular weight is 401 g/mol. The Labute approximate surface area is 159 Å². The Morgan fingerprint density at radius 3 is 2.67 bits per heavy atom. The predicted molar refractivity (Wildman–Crippen MR) is 99.5 cm³/mol. The second-order valence-corrected chi connectivity index (χ2v) is 8.11. The molecule has 1 fully saturated rings. The molecule has 0 spiro atoms. The number of hydrogen-bond donors (Lipinski definition) is 1. The van der Waals surface area contributed by atoms with Gasteiger partial charge in [-0.2, -0.15) is 4.31 Å². The normalized spacial score (nSPS) is 16.4. The van der Waals surface area contributed by atoms with E-state index in [0.29, 0.717) is 44.8 Å². The van der Waals surface area contributed by atoms with Crippen molar-refractivity contribution < 1.29 is 22.5 Å². The van der Waals surface area contributed by atoms with Crippen LogP contribution in [0.15, 0.2) is 21.8 Å². The largest absolute Gasteiger partial charge is 0.469 e. The highest BCUT2D eigenvalue weighted by Gasteiger charge is 2.28. The molecule has 0 bridgehead atoms. The molecule has 27 heavy (non-hydrogen) atoms. The highest BCUT2D eigenvalue weighted by atomic mass is 32.2. The van der Waals surface area contributed by atoms with Crippen LogP contribution in [0.5, 0.6) is 0 Å². The number of guanidine groups is 1. The second kappa shape index (κ2) is 10.3. The van der Waals surface area contributed by atoms with Gasteiger partial charge in [0, 0.05) is 52.3 Å². The minimum atomic E-state index is -3.42. The summed E-state index contributed by atoms with van der Waals surface area (Å²) < 4.78 is 35.7. The molecular weight excluding hydrogens is 374 g/mol. The van der Waals surface area contributed by atoms with Crippen molar-refractivity contribution in [3.63, 3.8) is 0 Å². The fourth-order valence-electron chi connectivity index (χ4n) is 2.80. The van der Waals surface area contributed by atoms with Gasteiger partial charge in [-0.3, -0.25) is 9.79 Å². The number of carbonyl (C=O) groups excluding carboxylic acids is 1. The van der Waals surface area contributed by atoms with E-state index in [1.165, 1.54) is 17.7 Å². The Kier molecular flexibility index (Phi) is 8.04. The van der Waals surface area contributed by atoms with Crippen LogP contribution >= 0.6 is 0 Å². The van der Waals surface area contributed by atoms with E-state index in [4.69, 9.17) is 4.52 Å². The molecule has 1 saturated heterocycles. The van der Waals surface area contributed by atoms with Crippen LogP contribution in [0.1, 0.15) is 25.0 Å². The van der Waals surface area contributed by atoms with Gasteiger partial charge in [0.2, 0.25) is 10.0 Å². The molecule has 1 aromatic heterocycles. The van der Waals surface area contributed by atoms with E-state index in [-0.39, 0.29) is 11.7 Å². The summed E-state index contributed by atoms with van der Waals surface area (Å²) in [5, 5.41) is 6.92. The van der Waals surface area contributed by atoms with Gasteiger partial charge in [-0.05, 0) is 12.8 Å². The number of ether oxygens (including phenoxy) is 1. The van der Waals surface area contributed by atoms with Crippen LogP contribution in [-0.2, 0) is 25.3 Å². The first-order valence-electron chi connectivity index (χ1n) is 8.85. The summed E-state index contributed by atoms with van der Waals surface area (Å²) in [5.41, 5.74) is 0.405. The van der Waals surface area contributed by atoms with E-state index in [1.807, 2.05) is 4.90 Å². The molecule has 10 nitrogen and oxygen atoms in total.